The van der Waals surface area contributed by atoms with Gasteiger partial charge in [-0.05, 0) is 23.6 Å². The first kappa shape index (κ1) is 17.0. The van der Waals surface area contributed by atoms with Gasteiger partial charge in [0.2, 0.25) is 0 Å². The summed E-state index contributed by atoms with van der Waals surface area (Å²) in [6.45, 7) is 10.6. The lowest BCUT2D eigenvalue weighted by atomic mass is 9.85. The van der Waals surface area contributed by atoms with Crippen LogP contribution in [0.1, 0.15) is 24.8 Å². The smallest absolute Gasteiger partial charge is 0.410 e. The fourth-order valence-electron chi connectivity index (χ4n) is 2.92. The van der Waals surface area contributed by atoms with Crippen LogP contribution in [0, 0.1) is 5.82 Å². The van der Waals surface area contributed by atoms with Crippen molar-refractivity contribution in [1.29, 1.82) is 0 Å². The number of cyclic esters (lactones) is 1. The molecular formula is C19H22FNO2. The van der Waals surface area contributed by atoms with Crippen molar-refractivity contribution in [2.75, 3.05) is 13.1 Å². The highest BCUT2D eigenvalue weighted by molar-refractivity contribution is 5.70. The van der Waals surface area contributed by atoms with Gasteiger partial charge >= 0.3 is 6.09 Å². The first-order valence-electron chi connectivity index (χ1n) is 7.77. The van der Waals surface area contributed by atoms with Crippen LogP contribution in [0.3, 0.4) is 0 Å². The van der Waals surface area contributed by atoms with Crippen molar-refractivity contribution < 1.29 is 13.9 Å². The quantitative estimate of drug-likeness (QED) is 0.696. The third-order valence-corrected chi connectivity index (χ3v) is 3.92. The molecule has 1 aromatic rings. The first-order chi connectivity index (χ1) is 11.1. The largest absolute Gasteiger partial charge is 0.443 e. The summed E-state index contributed by atoms with van der Waals surface area (Å²) in [5.74, 6) is -0.725. The number of carbonyl (C=O) groups excluding carboxylic acids is 1. The predicted octanol–water partition coefficient (Wildman–Crippen LogP) is 4.44. The number of amides is 1. The fourth-order valence-corrected chi connectivity index (χ4v) is 2.92. The molecule has 2 unspecified atom stereocenters. The zero-order valence-corrected chi connectivity index (χ0v) is 13.4. The summed E-state index contributed by atoms with van der Waals surface area (Å²) in [6, 6.07) is 6.56. The van der Waals surface area contributed by atoms with Crippen LogP contribution in [0.2, 0.25) is 0 Å². The molecule has 0 spiro atoms. The van der Waals surface area contributed by atoms with E-state index in [1.54, 1.807) is 41.3 Å². The Morgan fingerprint density at radius 2 is 2.22 bits per heavy atom. The Morgan fingerprint density at radius 1 is 1.48 bits per heavy atom. The lowest BCUT2D eigenvalue weighted by molar-refractivity contribution is 0.125. The summed E-state index contributed by atoms with van der Waals surface area (Å²) < 4.78 is 19.9. The van der Waals surface area contributed by atoms with E-state index in [1.807, 2.05) is 6.92 Å². The van der Waals surface area contributed by atoms with Crippen molar-refractivity contribution in [1.82, 2.24) is 4.90 Å². The van der Waals surface area contributed by atoms with Gasteiger partial charge in [0.1, 0.15) is 11.9 Å². The van der Waals surface area contributed by atoms with E-state index in [4.69, 9.17) is 4.74 Å². The van der Waals surface area contributed by atoms with Crippen LogP contribution in [0.4, 0.5) is 9.18 Å². The Balaban J connectivity index is 2.41. The number of benzene rings is 1. The van der Waals surface area contributed by atoms with Gasteiger partial charge in [-0.2, -0.15) is 0 Å². The molecule has 0 radical (unpaired) electrons. The van der Waals surface area contributed by atoms with Crippen molar-refractivity contribution in [3.05, 3.63) is 72.6 Å². The highest BCUT2D eigenvalue weighted by Gasteiger charge is 2.38. The number of ether oxygens (including phenoxy) is 1. The molecule has 4 heteroatoms. The maximum atomic E-state index is 14.3. The maximum Gasteiger partial charge on any atom is 0.410 e. The topological polar surface area (TPSA) is 29.5 Å². The lowest BCUT2D eigenvalue weighted by Crippen LogP contribution is -2.28. The number of nitrogens with zero attached hydrogens (tertiary/aromatic N) is 1. The number of hydrogen-bond donors (Lipinski definition) is 0. The predicted molar refractivity (Wildman–Crippen MR) is 89.8 cm³/mol. The molecular weight excluding hydrogens is 293 g/mol. The molecule has 122 valence electrons. The Labute approximate surface area is 136 Å². The summed E-state index contributed by atoms with van der Waals surface area (Å²) in [4.78, 5) is 13.7. The molecule has 0 aromatic heterocycles. The van der Waals surface area contributed by atoms with Crippen molar-refractivity contribution in [3.63, 3.8) is 0 Å². The average Bonchev–Trinajstić information content (AvgIpc) is 2.89. The maximum absolute atomic E-state index is 14.3. The first-order valence-corrected chi connectivity index (χ1v) is 7.77. The van der Waals surface area contributed by atoms with Crippen LogP contribution < -0.4 is 0 Å². The van der Waals surface area contributed by atoms with Gasteiger partial charge in [0.25, 0.3) is 0 Å². The molecule has 1 heterocycles. The summed E-state index contributed by atoms with van der Waals surface area (Å²) in [5, 5.41) is 0. The Morgan fingerprint density at radius 3 is 2.83 bits per heavy atom. The van der Waals surface area contributed by atoms with Crippen molar-refractivity contribution in [2.24, 2.45) is 0 Å². The molecule has 1 aromatic carbocycles. The molecule has 1 fully saturated rings. The minimum absolute atomic E-state index is 0.320. The van der Waals surface area contributed by atoms with Crippen LogP contribution in [-0.4, -0.2) is 30.2 Å². The van der Waals surface area contributed by atoms with Crippen LogP contribution in [-0.2, 0) is 4.74 Å². The third-order valence-electron chi connectivity index (χ3n) is 3.92. The summed E-state index contributed by atoms with van der Waals surface area (Å²) in [7, 11) is 0. The van der Waals surface area contributed by atoms with Crippen LogP contribution >= 0.6 is 0 Å². The second-order valence-corrected chi connectivity index (χ2v) is 5.47. The van der Waals surface area contributed by atoms with E-state index in [-0.39, 0.29) is 11.9 Å². The SMILES string of the molecule is C=C/C=C(\C=C)C(c1ccccc1F)C1CN(CCC)C(=O)O1. The molecule has 1 saturated heterocycles. The normalized spacial score (nSPS) is 19.4. The second-order valence-electron chi connectivity index (χ2n) is 5.47. The molecule has 2 rings (SSSR count). The number of rotatable bonds is 7. The van der Waals surface area contributed by atoms with Gasteiger partial charge in [0, 0.05) is 6.54 Å². The minimum atomic E-state index is -0.449. The van der Waals surface area contributed by atoms with Crippen LogP contribution in [0.15, 0.2) is 61.2 Å². The summed E-state index contributed by atoms with van der Waals surface area (Å²) >= 11 is 0. The number of carbonyl (C=O) groups is 1. The Kier molecular flexibility index (Phi) is 5.74. The van der Waals surface area contributed by atoms with E-state index in [0.29, 0.717) is 18.7 Å². The fraction of sp³-hybridized carbons (Fsp3) is 0.316. The number of halogens is 1. The van der Waals surface area contributed by atoms with Gasteiger partial charge in [0.15, 0.2) is 0 Å². The Hall–Kier alpha value is -2.36. The van der Waals surface area contributed by atoms with Crippen LogP contribution in [0.25, 0.3) is 0 Å². The van der Waals surface area contributed by atoms with Crippen molar-refractivity contribution >= 4 is 6.09 Å². The molecule has 23 heavy (non-hydrogen) atoms. The number of allylic oxidation sites excluding steroid dienone is 3. The van der Waals surface area contributed by atoms with Crippen LogP contribution in [0.5, 0.6) is 0 Å². The molecule has 1 amide bonds. The standard InChI is InChI=1S/C19H22FNO2/c1-4-9-14(6-3)18(15-10-7-8-11-16(15)20)17-13-21(12-5-2)19(22)23-17/h4,6-11,17-18H,1,3,5,12-13H2,2H3/b14-9+. The van der Waals surface area contributed by atoms with Gasteiger partial charge in [-0.3, -0.25) is 0 Å². The monoisotopic (exact) mass is 315 g/mol. The Bertz CT molecular complexity index is 624. The zero-order chi connectivity index (χ0) is 16.8. The van der Waals surface area contributed by atoms with E-state index >= 15 is 0 Å². The van der Waals surface area contributed by atoms with Gasteiger partial charge in [-0.15, -0.1) is 0 Å². The van der Waals surface area contributed by atoms with Gasteiger partial charge < -0.3 is 9.64 Å². The average molecular weight is 315 g/mol. The zero-order valence-electron chi connectivity index (χ0n) is 13.4. The van der Waals surface area contributed by atoms with E-state index in [0.717, 1.165) is 12.0 Å². The molecule has 0 aliphatic carbocycles. The lowest BCUT2D eigenvalue weighted by Gasteiger charge is -2.24. The molecule has 1 aliphatic heterocycles. The molecule has 3 nitrogen and oxygen atoms in total. The van der Waals surface area contributed by atoms with Crippen molar-refractivity contribution in [2.45, 2.75) is 25.4 Å². The van der Waals surface area contributed by atoms with Gasteiger partial charge in [-0.25, -0.2) is 9.18 Å². The molecule has 1 aliphatic rings. The molecule has 2 atom stereocenters. The number of hydrogen-bond acceptors (Lipinski definition) is 2. The van der Waals surface area contributed by atoms with E-state index in [1.165, 1.54) is 6.07 Å². The minimum Gasteiger partial charge on any atom is -0.443 e. The second kappa shape index (κ2) is 7.77. The highest BCUT2D eigenvalue weighted by Crippen LogP contribution is 2.35. The summed E-state index contributed by atoms with van der Waals surface area (Å²) in [5.41, 5.74) is 1.28. The van der Waals surface area contributed by atoms with Crippen molar-refractivity contribution in [3.8, 4) is 0 Å². The van der Waals surface area contributed by atoms with Gasteiger partial charge in [0.05, 0.1) is 12.5 Å². The van der Waals surface area contributed by atoms with E-state index in [9.17, 15) is 9.18 Å². The highest BCUT2D eigenvalue weighted by atomic mass is 19.1. The summed E-state index contributed by atoms with van der Waals surface area (Å²) in [6.07, 6.45) is 5.12. The third kappa shape index (κ3) is 3.70. The van der Waals surface area contributed by atoms with E-state index in [2.05, 4.69) is 13.2 Å². The van der Waals surface area contributed by atoms with E-state index < -0.39 is 12.0 Å². The molecule has 0 N–H and O–H groups in total. The van der Waals surface area contributed by atoms with Gasteiger partial charge in [-0.1, -0.05) is 56.5 Å². The molecule has 0 saturated carbocycles. The molecule has 0 bridgehead atoms.